The first kappa shape index (κ1) is 9.65. The predicted octanol–water partition coefficient (Wildman–Crippen LogP) is 2.20. The van der Waals surface area contributed by atoms with Gasteiger partial charge in [0.2, 0.25) is 5.78 Å². The number of aromatic amines is 1. The normalized spacial score (nSPS) is 10.2. The lowest BCUT2D eigenvalue weighted by molar-refractivity contribution is 0.103. The quantitative estimate of drug-likeness (QED) is 0.772. The molecule has 0 atom stereocenters. The van der Waals surface area contributed by atoms with E-state index in [0.717, 1.165) is 12.1 Å². The topological polar surface area (TPSA) is 45.8 Å². The Kier molecular flexibility index (Phi) is 2.63. The first-order valence-corrected chi connectivity index (χ1v) is 4.94. The van der Waals surface area contributed by atoms with Gasteiger partial charge in [0, 0.05) is 23.7 Å². The molecule has 0 bridgehead atoms. The molecule has 2 aromatic heterocycles. The maximum absolute atomic E-state index is 11.9. The molecule has 0 saturated carbocycles. The highest BCUT2D eigenvalue weighted by Crippen LogP contribution is 2.08. The van der Waals surface area contributed by atoms with Crippen molar-refractivity contribution in [3.8, 4) is 0 Å². The lowest BCUT2D eigenvalue weighted by Crippen LogP contribution is -2.02. The molecule has 0 aliphatic rings. The van der Waals surface area contributed by atoms with Gasteiger partial charge < -0.3 is 4.98 Å². The van der Waals surface area contributed by atoms with Gasteiger partial charge >= 0.3 is 0 Å². The van der Waals surface area contributed by atoms with Crippen molar-refractivity contribution in [1.29, 1.82) is 0 Å². The van der Waals surface area contributed by atoms with Crippen LogP contribution in [0.5, 0.6) is 0 Å². The summed E-state index contributed by atoms with van der Waals surface area (Å²) in [5.74, 6) is -0.0113. The summed E-state index contributed by atoms with van der Waals surface area (Å²) in [5, 5.41) is 0. The molecule has 0 spiro atoms. The van der Waals surface area contributed by atoms with Crippen LogP contribution in [0, 0.1) is 0 Å². The molecule has 3 heteroatoms. The van der Waals surface area contributed by atoms with Gasteiger partial charge in [0.1, 0.15) is 0 Å². The zero-order valence-corrected chi connectivity index (χ0v) is 8.53. The van der Waals surface area contributed by atoms with Crippen molar-refractivity contribution >= 4 is 5.78 Å². The number of ketones is 1. The molecule has 0 aromatic carbocycles. The molecule has 0 saturated heterocycles. The molecular formula is C12H12N2O. The molecule has 0 aliphatic heterocycles. The number of pyridine rings is 1. The maximum Gasteiger partial charge on any atom is 0.210 e. The first-order valence-electron chi connectivity index (χ1n) is 4.94. The Hall–Kier alpha value is -1.90. The van der Waals surface area contributed by atoms with E-state index in [2.05, 4.69) is 9.97 Å². The number of carbonyl (C=O) groups is 1. The minimum Gasteiger partial charge on any atom is -0.356 e. The third kappa shape index (κ3) is 1.96. The molecule has 15 heavy (non-hydrogen) atoms. The summed E-state index contributed by atoms with van der Waals surface area (Å²) in [5.41, 5.74) is 2.31. The molecule has 0 aliphatic carbocycles. The van der Waals surface area contributed by atoms with Crippen LogP contribution in [0.25, 0.3) is 0 Å². The van der Waals surface area contributed by atoms with Crippen LogP contribution in [0.15, 0.2) is 36.7 Å². The Morgan fingerprint density at radius 3 is 2.87 bits per heavy atom. The van der Waals surface area contributed by atoms with Crippen molar-refractivity contribution in [3.05, 3.63) is 53.6 Å². The number of rotatable bonds is 3. The Balaban J connectivity index is 2.29. The maximum atomic E-state index is 11.9. The van der Waals surface area contributed by atoms with E-state index in [-0.39, 0.29) is 5.78 Å². The van der Waals surface area contributed by atoms with Gasteiger partial charge in [-0.3, -0.25) is 9.78 Å². The molecular weight excluding hydrogens is 188 g/mol. The van der Waals surface area contributed by atoms with E-state index in [4.69, 9.17) is 0 Å². The molecule has 0 fully saturated rings. The lowest BCUT2D eigenvalue weighted by atomic mass is 10.1. The fourth-order valence-electron chi connectivity index (χ4n) is 1.43. The summed E-state index contributed by atoms with van der Waals surface area (Å²) in [6.45, 7) is 2.05. The predicted molar refractivity (Wildman–Crippen MR) is 57.8 cm³/mol. The smallest absolute Gasteiger partial charge is 0.210 e. The fraction of sp³-hybridized carbons (Fsp3) is 0.167. The van der Waals surface area contributed by atoms with E-state index in [9.17, 15) is 4.79 Å². The number of aromatic nitrogens is 2. The van der Waals surface area contributed by atoms with E-state index in [0.29, 0.717) is 11.3 Å². The van der Waals surface area contributed by atoms with Crippen molar-refractivity contribution in [2.24, 2.45) is 0 Å². The van der Waals surface area contributed by atoms with Crippen molar-refractivity contribution < 1.29 is 4.79 Å². The van der Waals surface area contributed by atoms with Gasteiger partial charge in [-0.25, -0.2) is 0 Å². The molecule has 0 radical (unpaired) electrons. The fourth-order valence-corrected chi connectivity index (χ4v) is 1.43. The molecule has 2 aromatic rings. The van der Waals surface area contributed by atoms with Gasteiger partial charge in [-0.2, -0.15) is 0 Å². The van der Waals surface area contributed by atoms with E-state index >= 15 is 0 Å². The number of hydrogen-bond acceptors (Lipinski definition) is 2. The largest absolute Gasteiger partial charge is 0.356 e. The third-order valence-corrected chi connectivity index (χ3v) is 2.30. The Morgan fingerprint density at radius 2 is 2.27 bits per heavy atom. The minimum absolute atomic E-state index is 0.0113. The molecule has 2 heterocycles. The summed E-state index contributed by atoms with van der Waals surface area (Å²) in [4.78, 5) is 18.9. The lowest BCUT2D eigenvalue weighted by Gasteiger charge is -1.96. The Bertz CT molecular complexity index is 459. The average Bonchev–Trinajstić information content (AvgIpc) is 2.78. The molecule has 1 N–H and O–H groups in total. The minimum atomic E-state index is -0.0113. The number of aryl methyl sites for hydroxylation is 1. The zero-order chi connectivity index (χ0) is 10.7. The van der Waals surface area contributed by atoms with E-state index in [1.54, 1.807) is 24.5 Å². The van der Waals surface area contributed by atoms with Gasteiger partial charge in [0.15, 0.2) is 0 Å². The van der Waals surface area contributed by atoms with E-state index < -0.39 is 0 Å². The molecule has 2 rings (SSSR count). The number of nitrogens with zero attached hydrogens (tertiary/aromatic N) is 1. The van der Waals surface area contributed by atoms with Gasteiger partial charge in [-0.15, -0.1) is 0 Å². The Labute approximate surface area is 88.2 Å². The van der Waals surface area contributed by atoms with Gasteiger partial charge in [-0.05, 0) is 30.7 Å². The summed E-state index contributed by atoms with van der Waals surface area (Å²) >= 11 is 0. The number of carbonyl (C=O) groups excluding carboxylic acids is 1. The van der Waals surface area contributed by atoms with Gasteiger partial charge in [0.25, 0.3) is 0 Å². The highest BCUT2D eigenvalue weighted by molar-refractivity contribution is 6.07. The van der Waals surface area contributed by atoms with Gasteiger partial charge in [0.05, 0.1) is 5.69 Å². The molecule has 0 amide bonds. The van der Waals surface area contributed by atoms with Crippen molar-refractivity contribution in [3.63, 3.8) is 0 Å². The molecule has 76 valence electrons. The SMILES string of the molecule is CCc1ccc(C(=O)c2cccnc2)[nH]1. The highest BCUT2D eigenvalue weighted by Gasteiger charge is 2.10. The summed E-state index contributed by atoms with van der Waals surface area (Å²) in [6.07, 6.45) is 4.14. The van der Waals surface area contributed by atoms with Crippen LogP contribution in [-0.2, 0) is 6.42 Å². The van der Waals surface area contributed by atoms with Crippen molar-refractivity contribution in [1.82, 2.24) is 9.97 Å². The molecule has 0 unspecified atom stereocenters. The molecule has 3 nitrogen and oxygen atoms in total. The second-order valence-corrected chi connectivity index (χ2v) is 3.32. The number of hydrogen-bond donors (Lipinski definition) is 1. The van der Waals surface area contributed by atoms with Crippen LogP contribution >= 0.6 is 0 Å². The van der Waals surface area contributed by atoms with Crippen molar-refractivity contribution in [2.75, 3.05) is 0 Å². The van der Waals surface area contributed by atoms with Crippen molar-refractivity contribution in [2.45, 2.75) is 13.3 Å². The summed E-state index contributed by atoms with van der Waals surface area (Å²) < 4.78 is 0. The van der Waals surface area contributed by atoms with E-state index in [1.807, 2.05) is 19.1 Å². The van der Waals surface area contributed by atoms with Crippen LogP contribution < -0.4 is 0 Å². The van der Waals surface area contributed by atoms with Crippen LogP contribution in [0.2, 0.25) is 0 Å². The monoisotopic (exact) mass is 200 g/mol. The van der Waals surface area contributed by atoms with E-state index in [1.165, 1.54) is 0 Å². The van der Waals surface area contributed by atoms with Crippen LogP contribution in [0.4, 0.5) is 0 Å². The van der Waals surface area contributed by atoms with Crippen LogP contribution in [0.3, 0.4) is 0 Å². The third-order valence-electron chi connectivity index (χ3n) is 2.30. The highest BCUT2D eigenvalue weighted by atomic mass is 16.1. The zero-order valence-electron chi connectivity index (χ0n) is 8.53. The first-order chi connectivity index (χ1) is 7.31. The average molecular weight is 200 g/mol. The Morgan fingerprint density at radius 1 is 1.40 bits per heavy atom. The number of H-pyrrole nitrogens is 1. The van der Waals surface area contributed by atoms with Crippen LogP contribution in [0.1, 0.15) is 28.7 Å². The number of nitrogens with one attached hydrogen (secondary N) is 1. The second kappa shape index (κ2) is 4.09. The van der Waals surface area contributed by atoms with Crippen LogP contribution in [-0.4, -0.2) is 15.8 Å². The summed E-state index contributed by atoms with van der Waals surface area (Å²) in [7, 11) is 0. The van der Waals surface area contributed by atoms with Gasteiger partial charge in [-0.1, -0.05) is 6.92 Å². The second-order valence-electron chi connectivity index (χ2n) is 3.32. The summed E-state index contributed by atoms with van der Waals surface area (Å²) in [6, 6.07) is 7.27. The standard InChI is InChI=1S/C12H12N2O/c1-2-10-5-6-11(14-10)12(15)9-4-3-7-13-8-9/h3-8,14H,2H2,1H3.